The molecule has 0 aliphatic carbocycles. The molecule has 0 aliphatic heterocycles. The lowest BCUT2D eigenvalue weighted by Gasteiger charge is -1.93. The molecule has 3 aromatic rings. The van der Waals surface area contributed by atoms with Gasteiger partial charge in [-0.15, -0.1) is 0 Å². The average Bonchev–Trinajstić information content (AvgIpc) is 2.96. The minimum Gasteiger partial charge on any atom is -0.453 e. The van der Waals surface area contributed by atoms with Crippen LogP contribution in [0.1, 0.15) is 21.7 Å². The summed E-state index contributed by atoms with van der Waals surface area (Å²) < 4.78 is 5.51. The molecule has 0 saturated heterocycles. The molecule has 1 aromatic heterocycles. The fourth-order valence-electron chi connectivity index (χ4n) is 2.10. The number of halogens is 1. The summed E-state index contributed by atoms with van der Waals surface area (Å²) in [4.78, 5) is 12.1. The van der Waals surface area contributed by atoms with Gasteiger partial charge in [-0.05, 0) is 48.0 Å². The minimum atomic E-state index is -0.241. The van der Waals surface area contributed by atoms with Crippen molar-refractivity contribution in [3.8, 4) is 6.07 Å². The molecule has 3 rings (SSSR count). The van der Waals surface area contributed by atoms with E-state index in [1.807, 2.05) is 6.07 Å². The molecule has 0 amide bonds. The van der Waals surface area contributed by atoms with E-state index in [1.54, 1.807) is 48.5 Å². The number of fused-ring (bicyclic) bond motifs is 1. The molecular weight excluding hydrogens is 298 g/mol. The van der Waals surface area contributed by atoms with Crippen molar-refractivity contribution in [2.45, 2.75) is 0 Å². The molecule has 22 heavy (non-hydrogen) atoms. The molecule has 0 atom stereocenters. The van der Waals surface area contributed by atoms with Gasteiger partial charge in [0.15, 0.2) is 5.76 Å². The Balaban J connectivity index is 1.86. The number of carbonyl (C=O) groups excluding carboxylic acids is 1. The molecular formula is C18H10ClNO2. The average molecular weight is 308 g/mol. The van der Waals surface area contributed by atoms with E-state index in [9.17, 15) is 4.79 Å². The summed E-state index contributed by atoms with van der Waals surface area (Å²) in [5.74, 6) is 0.0136. The van der Waals surface area contributed by atoms with Crippen LogP contribution >= 0.6 is 11.6 Å². The first kappa shape index (κ1) is 14.1. The lowest BCUT2D eigenvalue weighted by atomic mass is 10.1. The van der Waals surface area contributed by atoms with E-state index in [1.165, 1.54) is 6.08 Å². The first-order valence-corrected chi connectivity index (χ1v) is 6.95. The highest BCUT2D eigenvalue weighted by atomic mass is 35.5. The Bertz CT molecular complexity index is 932. The van der Waals surface area contributed by atoms with E-state index < -0.39 is 0 Å². The number of benzene rings is 2. The maximum atomic E-state index is 12.1. The highest BCUT2D eigenvalue weighted by Gasteiger charge is 2.09. The van der Waals surface area contributed by atoms with Gasteiger partial charge in [0.1, 0.15) is 5.58 Å². The molecule has 0 N–H and O–H groups in total. The van der Waals surface area contributed by atoms with Gasteiger partial charge in [-0.3, -0.25) is 4.79 Å². The topological polar surface area (TPSA) is 54.0 Å². The van der Waals surface area contributed by atoms with Gasteiger partial charge in [0.25, 0.3) is 0 Å². The van der Waals surface area contributed by atoms with Crippen LogP contribution in [0, 0.1) is 11.3 Å². The van der Waals surface area contributed by atoms with Crippen molar-refractivity contribution >= 4 is 34.4 Å². The van der Waals surface area contributed by atoms with Gasteiger partial charge in [-0.1, -0.05) is 29.8 Å². The fraction of sp³-hybridized carbons (Fsp3) is 0. The number of rotatable bonds is 3. The standard InChI is InChI=1S/C18H10ClNO2/c19-15-5-7-17-14(9-15)10-18(22-17)16(21)6-4-12-2-1-3-13(8-12)11-20/h1-10H/b6-4+. The van der Waals surface area contributed by atoms with E-state index in [2.05, 4.69) is 6.07 Å². The van der Waals surface area contributed by atoms with Gasteiger partial charge in [-0.25, -0.2) is 0 Å². The SMILES string of the molecule is N#Cc1cccc(/C=C/C(=O)c2cc3cc(Cl)ccc3o2)c1. The third kappa shape index (κ3) is 2.93. The van der Waals surface area contributed by atoms with Gasteiger partial charge in [0.05, 0.1) is 11.6 Å². The van der Waals surface area contributed by atoms with Crippen molar-refractivity contribution in [1.82, 2.24) is 0 Å². The van der Waals surface area contributed by atoms with Crippen LogP contribution in [0.3, 0.4) is 0 Å². The quantitative estimate of drug-likeness (QED) is 0.513. The summed E-state index contributed by atoms with van der Waals surface area (Å²) in [7, 11) is 0. The van der Waals surface area contributed by atoms with Crippen LogP contribution in [0.2, 0.25) is 5.02 Å². The lowest BCUT2D eigenvalue weighted by molar-refractivity contribution is 0.102. The van der Waals surface area contributed by atoms with Crippen molar-refractivity contribution < 1.29 is 9.21 Å². The molecule has 0 spiro atoms. The largest absolute Gasteiger partial charge is 0.453 e. The molecule has 2 aromatic carbocycles. The van der Waals surface area contributed by atoms with Crippen molar-refractivity contribution in [1.29, 1.82) is 5.26 Å². The highest BCUT2D eigenvalue weighted by molar-refractivity contribution is 6.31. The number of ketones is 1. The molecule has 106 valence electrons. The number of hydrogen-bond donors (Lipinski definition) is 0. The van der Waals surface area contributed by atoms with Crippen LogP contribution in [-0.2, 0) is 0 Å². The van der Waals surface area contributed by atoms with Crippen LogP contribution in [0.15, 0.2) is 59.0 Å². The third-order valence-corrected chi connectivity index (χ3v) is 3.40. The molecule has 0 aliphatic rings. The fourth-order valence-corrected chi connectivity index (χ4v) is 2.28. The summed E-state index contributed by atoms with van der Waals surface area (Å²) >= 11 is 5.91. The van der Waals surface area contributed by atoms with Crippen LogP contribution in [0.25, 0.3) is 17.0 Å². The van der Waals surface area contributed by atoms with Crippen LogP contribution in [-0.4, -0.2) is 5.78 Å². The third-order valence-electron chi connectivity index (χ3n) is 3.16. The van der Waals surface area contributed by atoms with Gasteiger partial charge < -0.3 is 4.42 Å². The molecule has 0 saturated carbocycles. The van der Waals surface area contributed by atoms with Gasteiger partial charge in [-0.2, -0.15) is 5.26 Å². The lowest BCUT2D eigenvalue weighted by Crippen LogP contribution is -1.90. The van der Waals surface area contributed by atoms with Crippen LogP contribution in [0.4, 0.5) is 0 Å². The van der Waals surface area contributed by atoms with Gasteiger partial charge in [0, 0.05) is 10.4 Å². The second-order valence-corrected chi connectivity index (χ2v) is 5.16. The van der Waals surface area contributed by atoms with E-state index in [0.29, 0.717) is 16.2 Å². The predicted octanol–water partition coefficient (Wildman–Crippen LogP) is 4.85. The maximum absolute atomic E-state index is 12.1. The Morgan fingerprint density at radius 3 is 2.86 bits per heavy atom. The van der Waals surface area contributed by atoms with Crippen LogP contribution in [0.5, 0.6) is 0 Å². The number of furan rings is 1. The zero-order chi connectivity index (χ0) is 15.5. The van der Waals surface area contributed by atoms with E-state index in [4.69, 9.17) is 21.3 Å². The Labute approximate surface area is 132 Å². The summed E-state index contributed by atoms with van der Waals surface area (Å²) in [6.45, 7) is 0. The van der Waals surface area contributed by atoms with Gasteiger partial charge in [0.2, 0.25) is 5.78 Å². The van der Waals surface area contributed by atoms with Crippen molar-refractivity contribution in [3.05, 3.63) is 76.5 Å². The predicted molar refractivity (Wildman–Crippen MR) is 85.7 cm³/mol. The monoisotopic (exact) mass is 307 g/mol. The smallest absolute Gasteiger partial charge is 0.221 e. The second kappa shape index (κ2) is 5.88. The number of allylic oxidation sites excluding steroid dienone is 1. The van der Waals surface area contributed by atoms with Crippen LogP contribution < -0.4 is 0 Å². The normalized spacial score (nSPS) is 10.9. The minimum absolute atomic E-state index is 0.241. The summed E-state index contributed by atoms with van der Waals surface area (Å²) in [6.07, 6.45) is 3.08. The molecule has 0 unspecified atom stereocenters. The molecule has 3 nitrogen and oxygen atoms in total. The van der Waals surface area contributed by atoms with Crippen molar-refractivity contribution in [3.63, 3.8) is 0 Å². The molecule has 0 fully saturated rings. The summed E-state index contributed by atoms with van der Waals surface area (Å²) in [5.41, 5.74) is 1.95. The Kier molecular flexibility index (Phi) is 3.78. The molecule has 0 bridgehead atoms. The Hall–Kier alpha value is -2.83. The highest BCUT2D eigenvalue weighted by Crippen LogP contribution is 2.23. The van der Waals surface area contributed by atoms with E-state index in [0.717, 1.165) is 10.9 Å². The number of hydrogen-bond acceptors (Lipinski definition) is 3. The first-order valence-electron chi connectivity index (χ1n) is 6.57. The Morgan fingerprint density at radius 1 is 1.18 bits per heavy atom. The zero-order valence-electron chi connectivity index (χ0n) is 11.4. The molecule has 4 heteroatoms. The number of nitriles is 1. The van der Waals surface area contributed by atoms with Crippen molar-refractivity contribution in [2.24, 2.45) is 0 Å². The second-order valence-electron chi connectivity index (χ2n) is 4.73. The Morgan fingerprint density at radius 2 is 2.05 bits per heavy atom. The molecule has 0 radical (unpaired) electrons. The summed E-state index contributed by atoms with van der Waals surface area (Å²) in [5, 5.41) is 10.2. The first-order chi connectivity index (χ1) is 10.7. The summed E-state index contributed by atoms with van der Waals surface area (Å²) in [6, 6.07) is 15.9. The number of nitrogens with zero attached hydrogens (tertiary/aromatic N) is 1. The van der Waals surface area contributed by atoms with E-state index in [-0.39, 0.29) is 11.5 Å². The van der Waals surface area contributed by atoms with Crippen molar-refractivity contribution in [2.75, 3.05) is 0 Å². The van der Waals surface area contributed by atoms with E-state index >= 15 is 0 Å². The van der Waals surface area contributed by atoms with Gasteiger partial charge >= 0.3 is 0 Å². The maximum Gasteiger partial charge on any atom is 0.221 e. The zero-order valence-corrected chi connectivity index (χ0v) is 12.2. The number of carbonyl (C=O) groups is 1. The molecule has 1 heterocycles.